The van der Waals surface area contributed by atoms with Crippen LogP contribution in [0.3, 0.4) is 0 Å². The number of likely N-dealkylation sites (N-methyl/N-ethyl adjacent to an activating group) is 1. The van der Waals surface area contributed by atoms with Gasteiger partial charge in [-0.3, -0.25) is 0 Å². The predicted octanol–water partition coefficient (Wildman–Crippen LogP) is 0.458. The fourth-order valence-electron chi connectivity index (χ4n) is 2.21. The molecule has 1 fully saturated rings. The number of hydrogen-bond acceptors (Lipinski definition) is 4. The molecule has 0 aromatic rings. The molecular weight excluding hydrogens is 204 g/mol. The Labute approximate surface area is 99.0 Å². The summed E-state index contributed by atoms with van der Waals surface area (Å²) in [5.41, 5.74) is -0.656. The quantitative estimate of drug-likeness (QED) is 0.720. The summed E-state index contributed by atoms with van der Waals surface area (Å²) in [6, 6.07) is 0.496. The van der Waals surface area contributed by atoms with E-state index in [-0.39, 0.29) is 0 Å². The van der Waals surface area contributed by atoms with Gasteiger partial charge in [0.25, 0.3) is 0 Å². The van der Waals surface area contributed by atoms with Crippen LogP contribution in [0.4, 0.5) is 0 Å². The highest BCUT2D eigenvalue weighted by Crippen LogP contribution is 2.10. The number of ether oxygens (including phenoxy) is 1. The molecule has 16 heavy (non-hydrogen) atoms. The molecular formula is C12H26N2O2. The molecule has 0 aliphatic carbocycles. The zero-order valence-electron chi connectivity index (χ0n) is 10.8. The summed E-state index contributed by atoms with van der Waals surface area (Å²) >= 11 is 0. The van der Waals surface area contributed by atoms with E-state index in [1.807, 2.05) is 25.9 Å². The first-order chi connectivity index (χ1) is 7.49. The van der Waals surface area contributed by atoms with E-state index < -0.39 is 5.60 Å². The molecule has 0 radical (unpaired) electrons. The molecule has 0 bridgehead atoms. The van der Waals surface area contributed by atoms with Crippen molar-refractivity contribution in [2.75, 3.05) is 40.4 Å². The van der Waals surface area contributed by atoms with Crippen LogP contribution >= 0.6 is 0 Å². The van der Waals surface area contributed by atoms with Crippen molar-refractivity contribution in [2.45, 2.75) is 37.8 Å². The molecule has 96 valence electrons. The van der Waals surface area contributed by atoms with Crippen LogP contribution < -0.4 is 5.32 Å². The Kier molecular flexibility index (Phi) is 5.69. The lowest BCUT2D eigenvalue weighted by molar-refractivity contribution is 0.0306. The van der Waals surface area contributed by atoms with Crippen LogP contribution in [0.25, 0.3) is 0 Å². The van der Waals surface area contributed by atoms with E-state index in [2.05, 4.69) is 5.32 Å². The second-order valence-corrected chi connectivity index (χ2v) is 5.36. The molecule has 2 atom stereocenters. The molecule has 2 N–H and O–H groups in total. The number of nitrogens with zero attached hydrogens (tertiary/aromatic N) is 1. The van der Waals surface area contributed by atoms with Gasteiger partial charge >= 0.3 is 0 Å². The van der Waals surface area contributed by atoms with Crippen LogP contribution in [-0.2, 0) is 4.74 Å². The maximum atomic E-state index is 10.2. The van der Waals surface area contributed by atoms with Gasteiger partial charge in [0.2, 0.25) is 0 Å². The third-order valence-corrected chi connectivity index (χ3v) is 2.88. The Morgan fingerprint density at radius 3 is 2.81 bits per heavy atom. The monoisotopic (exact) mass is 230 g/mol. The van der Waals surface area contributed by atoms with Crippen LogP contribution in [0.2, 0.25) is 0 Å². The number of rotatable bonds is 5. The average molecular weight is 230 g/mol. The summed E-state index contributed by atoms with van der Waals surface area (Å²) in [5.74, 6) is 0. The van der Waals surface area contributed by atoms with Crippen LogP contribution in [0.5, 0.6) is 0 Å². The number of hydrogen-bond donors (Lipinski definition) is 2. The zero-order valence-corrected chi connectivity index (χ0v) is 10.8. The molecule has 1 aliphatic rings. The third kappa shape index (κ3) is 5.80. The van der Waals surface area contributed by atoms with Gasteiger partial charge in [-0.1, -0.05) is 0 Å². The van der Waals surface area contributed by atoms with Gasteiger partial charge in [-0.15, -0.1) is 0 Å². The standard InChI is InChI=1S/C12H26N2O2/c1-12(15,10-14(2)3)9-13-11-5-4-7-16-8-6-11/h11,13,15H,4-10H2,1-3H3. The van der Waals surface area contributed by atoms with E-state index in [1.54, 1.807) is 0 Å². The third-order valence-electron chi connectivity index (χ3n) is 2.88. The highest BCUT2D eigenvalue weighted by molar-refractivity contribution is 4.81. The molecule has 0 amide bonds. The van der Waals surface area contributed by atoms with Crippen molar-refractivity contribution in [3.05, 3.63) is 0 Å². The van der Waals surface area contributed by atoms with Crippen molar-refractivity contribution >= 4 is 0 Å². The Hall–Kier alpha value is -0.160. The van der Waals surface area contributed by atoms with Crippen molar-refractivity contribution in [1.82, 2.24) is 10.2 Å². The first-order valence-electron chi connectivity index (χ1n) is 6.18. The lowest BCUT2D eigenvalue weighted by Crippen LogP contribution is -2.48. The SMILES string of the molecule is CN(C)CC(C)(O)CNC1CCCOCC1. The summed E-state index contributed by atoms with van der Waals surface area (Å²) in [5, 5.41) is 13.6. The van der Waals surface area contributed by atoms with Crippen molar-refractivity contribution in [1.29, 1.82) is 0 Å². The van der Waals surface area contributed by atoms with Crippen LogP contribution in [0.1, 0.15) is 26.2 Å². The molecule has 1 heterocycles. The van der Waals surface area contributed by atoms with E-state index in [9.17, 15) is 5.11 Å². The van der Waals surface area contributed by atoms with Crippen molar-refractivity contribution < 1.29 is 9.84 Å². The van der Waals surface area contributed by atoms with E-state index in [1.165, 1.54) is 0 Å². The topological polar surface area (TPSA) is 44.7 Å². The van der Waals surface area contributed by atoms with Gasteiger partial charge in [0.1, 0.15) is 0 Å². The minimum Gasteiger partial charge on any atom is -0.388 e. The summed E-state index contributed by atoms with van der Waals surface area (Å²) < 4.78 is 5.41. The van der Waals surface area contributed by atoms with Crippen LogP contribution in [0.15, 0.2) is 0 Å². The van der Waals surface area contributed by atoms with Gasteiger partial charge in [-0.25, -0.2) is 0 Å². The molecule has 1 aliphatic heterocycles. The summed E-state index contributed by atoms with van der Waals surface area (Å²) in [6.07, 6.45) is 3.32. The smallest absolute Gasteiger partial charge is 0.0869 e. The Morgan fingerprint density at radius 1 is 1.38 bits per heavy atom. The number of nitrogens with one attached hydrogen (secondary N) is 1. The fraction of sp³-hybridized carbons (Fsp3) is 1.00. The minimum atomic E-state index is -0.656. The van der Waals surface area contributed by atoms with Gasteiger partial charge in [0.15, 0.2) is 0 Å². The second-order valence-electron chi connectivity index (χ2n) is 5.36. The summed E-state index contributed by atoms with van der Waals surface area (Å²) in [7, 11) is 3.96. The Morgan fingerprint density at radius 2 is 2.12 bits per heavy atom. The molecule has 0 aromatic carbocycles. The van der Waals surface area contributed by atoms with Gasteiger partial charge in [-0.2, -0.15) is 0 Å². The highest BCUT2D eigenvalue weighted by Gasteiger charge is 2.23. The summed E-state index contributed by atoms with van der Waals surface area (Å²) in [4.78, 5) is 2.01. The Bertz CT molecular complexity index is 187. The normalized spacial score (nSPS) is 26.4. The maximum Gasteiger partial charge on any atom is 0.0869 e. The van der Waals surface area contributed by atoms with Gasteiger partial charge in [0.05, 0.1) is 5.60 Å². The first-order valence-corrected chi connectivity index (χ1v) is 6.18. The predicted molar refractivity (Wildman–Crippen MR) is 65.6 cm³/mol. The van der Waals surface area contributed by atoms with E-state index in [0.717, 1.165) is 32.5 Å². The van der Waals surface area contributed by atoms with E-state index in [4.69, 9.17) is 4.74 Å². The second kappa shape index (κ2) is 6.55. The fourth-order valence-corrected chi connectivity index (χ4v) is 2.21. The van der Waals surface area contributed by atoms with Crippen molar-refractivity contribution in [3.8, 4) is 0 Å². The number of aliphatic hydroxyl groups is 1. The Balaban J connectivity index is 2.25. The molecule has 0 spiro atoms. The average Bonchev–Trinajstić information content (AvgIpc) is 2.40. The largest absolute Gasteiger partial charge is 0.388 e. The molecule has 0 aromatic heterocycles. The lowest BCUT2D eigenvalue weighted by Gasteiger charge is -2.29. The van der Waals surface area contributed by atoms with Gasteiger partial charge in [-0.05, 0) is 40.3 Å². The van der Waals surface area contributed by atoms with Crippen LogP contribution in [-0.4, -0.2) is 62.0 Å². The molecule has 4 heteroatoms. The highest BCUT2D eigenvalue weighted by atomic mass is 16.5. The van der Waals surface area contributed by atoms with Crippen LogP contribution in [0, 0.1) is 0 Å². The van der Waals surface area contributed by atoms with Crippen molar-refractivity contribution in [2.24, 2.45) is 0 Å². The zero-order chi connectivity index (χ0) is 12.0. The molecule has 2 unspecified atom stereocenters. The maximum absolute atomic E-state index is 10.2. The van der Waals surface area contributed by atoms with Gasteiger partial charge in [0, 0.05) is 32.3 Å². The van der Waals surface area contributed by atoms with Gasteiger partial charge < -0.3 is 20.1 Å². The lowest BCUT2D eigenvalue weighted by atomic mass is 10.0. The summed E-state index contributed by atoms with van der Waals surface area (Å²) in [6.45, 7) is 4.94. The first kappa shape index (κ1) is 13.9. The van der Waals surface area contributed by atoms with Crippen molar-refractivity contribution in [3.63, 3.8) is 0 Å². The molecule has 0 saturated carbocycles. The molecule has 1 rings (SSSR count). The van der Waals surface area contributed by atoms with E-state index >= 15 is 0 Å². The molecule has 4 nitrogen and oxygen atoms in total. The minimum absolute atomic E-state index is 0.496. The van der Waals surface area contributed by atoms with E-state index in [0.29, 0.717) is 19.1 Å². The molecule has 1 saturated heterocycles.